The van der Waals surface area contributed by atoms with E-state index in [-0.39, 0.29) is 5.91 Å². The third kappa shape index (κ3) is 4.60. The van der Waals surface area contributed by atoms with Gasteiger partial charge in [-0.05, 0) is 37.6 Å². The van der Waals surface area contributed by atoms with Gasteiger partial charge in [0.1, 0.15) is 11.3 Å². The number of nitrogens with zero attached hydrogens (tertiary/aromatic N) is 3. The second-order valence-electron chi connectivity index (χ2n) is 6.77. The highest BCUT2D eigenvalue weighted by molar-refractivity contribution is 7.22. The van der Waals surface area contributed by atoms with Crippen LogP contribution in [-0.4, -0.2) is 61.8 Å². The van der Waals surface area contributed by atoms with Crippen molar-refractivity contribution in [2.45, 2.75) is 13.3 Å². The lowest BCUT2D eigenvalue weighted by Gasteiger charge is -2.27. The molecule has 0 bridgehead atoms. The molecular weight excluding hydrogens is 390 g/mol. The minimum atomic E-state index is -0.172. The average Bonchev–Trinajstić information content (AvgIpc) is 3.42. The number of hydrogen-bond donors (Lipinski definition) is 0. The predicted octanol–water partition coefficient (Wildman–Crippen LogP) is 3.66. The van der Waals surface area contributed by atoms with E-state index in [9.17, 15) is 4.79 Å². The van der Waals surface area contributed by atoms with Crippen molar-refractivity contribution in [1.82, 2.24) is 9.88 Å². The van der Waals surface area contributed by atoms with Crippen LogP contribution in [-0.2, 0) is 4.74 Å². The standard InChI is InChI=1S/C21H25N3O4S/c1-2-27-16-6-3-8-18-19(16)22-21(29-18)24(20(25)17-7-4-13-28-17)10-5-9-23-11-14-26-15-12-23/h3-4,6-8,13H,2,5,9-12,14-15H2,1H3. The highest BCUT2D eigenvalue weighted by Crippen LogP contribution is 2.35. The fraction of sp³-hybridized carbons (Fsp3) is 0.429. The zero-order valence-electron chi connectivity index (χ0n) is 16.5. The van der Waals surface area contributed by atoms with Gasteiger partial charge in [0.2, 0.25) is 0 Å². The van der Waals surface area contributed by atoms with Crippen molar-refractivity contribution in [3.63, 3.8) is 0 Å². The van der Waals surface area contributed by atoms with Gasteiger partial charge in [0.25, 0.3) is 5.91 Å². The Morgan fingerprint density at radius 1 is 1.28 bits per heavy atom. The summed E-state index contributed by atoms with van der Waals surface area (Å²) in [5, 5.41) is 0.663. The molecule has 1 fully saturated rings. The summed E-state index contributed by atoms with van der Waals surface area (Å²) in [6.45, 7) is 7.42. The number of thiazole rings is 1. The van der Waals surface area contributed by atoms with Gasteiger partial charge in [-0.2, -0.15) is 0 Å². The zero-order chi connectivity index (χ0) is 20.1. The first-order valence-electron chi connectivity index (χ1n) is 9.94. The number of rotatable bonds is 8. The number of fused-ring (bicyclic) bond motifs is 1. The van der Waals surface area contributed by atoms with Gasteiger partial charge >= 0.3 is 0 Å². The molecule has 29 heavy (non-hydrogen) atoms. The molecule has 0 N–H and O–H groups in total. The van der Waals surface area contributed by atoms with E-state index in [2.05, 4.69) is 4.90 Å². The lowest BCUT2D eigenvalue weighted by molar-refractivity contribution is 0.0376. The number of anilines is 1. The highest BCUT2D eigenvalue weighted by atomic mass is 32.1. The Balaban J connectivity index is 1.56. The molecule has 7 nitrogen and oxygen atoms in total. The van der Waals surface area contributed by atoms with Crippen molar-refractivity contribution in [3.05, 3.63) is 42.4 Å². The Morgan fingerprint density at radius 3 is 2.90 bits per heavy atom. The number of hydrogen-bond acceptors (Lipinski definition) is 7. The molecule has 1 aliphatic heterocycles. The molecule has 1 aromatic carbocycles. The SMILES string of the molecule is CCOc1cccc2sc(N(CCCN3CCOCC3)C(=O)c3ccco3)nc12. The summed E-state index contributed by atoms with van der Waals surface area (Å²) in [5.41, 5.74) is 0.791. The first-order chi connectivity index (χ1) is 14.3. The number of para-hydroxylation sites is 1. The van der Waals surface area contributed by atoms with Gasteiger partial charge in [-0.3, -0.25) is 14.6 Å². The molecule has 4 rings (SSSR count). The van der Waals surface area contributed by atoms with Gasteiger partial charge in [0.05, 0.1) is 30.8 Å². The van der Waals surface area contributed by atoms with E-state index < -0.39 is 0 Å². The molecule has 0 unspecified atom stereocenters. The molecule has 8 heteroatoms. The molecule has 0 aliphatic carbocycles. The molecule has 1 saturated heterocycles. The number of benzene rings is 1. The van der Waals surface area contributed by atoms with Crippen LogP contribution in [0.5, 0.6) is 5.75 Å². The van der Waals surface area contributed by atoms with Crippen molar-refractivity contribution in [2.24, 2.45) is 0 Å². The van der Waals surface area contributed by atoms with E-state index in [0.717, 1.165) is 55.2 Å². The highest BCUT2D eigenvalue weighted by Gasteiger charge is 2.24. The zero-order valence-corrected chi connectivity index (χ0v) is 17.3. The van der Waals surface area contributed by atoms with Gasteiger partial charge in [0, 0.05) is 26.2 Å². The molecule has 2 aromatic heterocycles. The fourth-order valence-corrected chi connectivity index (χ4v) is 4.40. The molecule has 154 valence electrons. The number of ether oxygens (including phenoxy) is 2. The summed E-state index contributed by atoms with van der Waals surface area (Å²) in [6, 6.07) is 9.28. The second-order valence-corrected chi connectivity index (χ2v) is 7.78. The summed E-state index contributed by atoms with van der Waals surface area (Å²) >= 11 is 1.50. The molecule has 1 aliphatic rings. The van der Waals surface area contributed by atoms with Crippen molar-refractivity contribution in [1.29, 1.82) is 0 Å². The minimum absolute atomic E-state index is 0.172. The van der Waals surface area contributed by atoms with Crippen LogP contribution in [0, 0.1) is 0 Å². The maximum atomic E-state index is 13.1. The summed E-state index contributed by atoms with van der Waals surface area (Å²) in [5.74, 6) is 0.890. The number of morpholine rings is 1. The van der Waals surface area contributed by atoms with E-state index in [1.165, 1.54) is 17.6 Å². The van der Waals surface area contributed by atoms with Gasteiger partial charge in [-0.25, -0.2) is 4.98 Å². The fourth-order valence-electron chi connectivity index (χ4n) is 3.39. The van der Waals surface area contributed by atoms with Crippen LogP contribution in [0.4, 0.5) is 5.13 Å². The van der Waals surface area contributed by atoms with Crippen LogP contribution in [0.3, 0.4) is 0 Å². The Kier molecular flexibility index (Phi) is 6.43. The maximum Gasteiger partial charge on any atom is 0.295 e. The van der Waals surface area contributed by atoms with Crippen LogP contribution < -0.4 is 9.64 Å². The molecule has 1 amide bonds. The van der Waals surface area contributed by atoms with E-state index in [1.54, 1.807) is 17.0 Å². The van der Waals surface area contributed by atoms with Crippen molar-refractivity contribution < 1.29 is 18.7 Å². The summed E-state index contributed by atoms with van der Waals surface area (Å²) in [6.07, 6.45) is 2.37. The van der Waals surface area contributed by atoms with Gasteiger partial charge < -0.3 is 13.9 Å². The van der Waals surface area contributed by atoms with Crippen LogP contribution in [0.25, 0.3) is 10.2 Å². The van der Waals surface area contributed by atoms with Crippen molar-refractivity contribution >= 4 is 32.6 Å². The van der Waals surface area contributed by atoms with Gasteiger partial charge in [-0.1, -0.05) is 17.4 Å². The van der Waals surface area contributed by atoms with Gasteiger partial charge in [-0.15, -0.1) is 0 Å². The largest absolute Gasteiger partial charge is 0.492 e. The Morgan fingerprint density at radius 2 is 2.14 bits per heavy atom. The quantitative estimate of drug-likeness (QED) is 0.559. The predicted molar refractivity (Wildman–Crippen MR) is 113 cm³/mol. The van der Waals surface area contributed by atoms with E-state index in [1.807, 2.05) is 25.1 Å². The summed E-state index contributed by atoms with van der Waals surface area (Å²) in [7, 11) is 0. The smallest absolute Gasteiger partial charge is 0.295 e. The Bertz CT molecular complexity index is 935. The third-order valence-corrected chi connectivity index (χ3v) is 5.88. The Hall–Kier alpha value is -2.42. The van der Waals surface area contributed by atoms with Crippen molar-refractivity contribution in [2.75, 3.05) is 50.9 Å². The minimum Gasteiger partial charge on any atom is -0.492 e. The number of amides is 1. The summed E-state index contributed by atoms with van der Waals surface area (Å²) in [4.78, 5) is 21.9. The van der Waals surface area contributed by atoms with Crippen LogP contribution in [0.1, 0.15) is 23.9 Å². The second kappa shape index (κ2) is 9.39. The molecule has 0 saturated carbocycles. The van der Waals surface area contributed by atoms with E-state index in [0.29, 0.717) is 24.0 Å². The molecule has 0 radical (unpaired) electrons. The number of furan rings is 1. The summed E-state index contributed by atoms with van der Waals surface area (Å²) < 4.78 is 17.5. The number of carbonyl (C=O) groups is 1. The monoisotopic (exact) mass is 415 g/mol. The molecule has 0 atom stereocenters. The first-order valence-corrected chi connectivity index (χ1v) is 10.8. The molecule has 3 aromatic rings. The van der Waals surface area contributed by atoms with Crippen LogP contribution >= 0.6 is 11.3 Å². The van der Waals surface area contributed by atoms with E-state index in [4.69, 9.17) is 18.9 Å². The Labute approximate surface area is 173 Å². The number of carbonyl (C=O) groups excluding carboxylic acids is 1. The average molecular weight is 416 g/mol. The van der Waals surface area contributed by atoms with Crippen LogP contribution in [0.2, 0.25) is 0 Å². The molecule has 3 heterocycles. The topological polar surface area (TPSA) is 68.0 Å². The lowest BCUT2D eigenvalue weighted by atomic mass is 10.3. The first kappa shape index (κ1) is 19.9. The van der Waals surface area contributed by atoms with Gasteiger partial charge in [0.15, 0.2) is 10.9 Å². The lowest BCUT2D eigenvalue weighted by Crippen LogP contribution is -2.39. The normalized spacial score (nSPS) is 14.9. The number of aromatic nitrogens is 1. The molecule has 0 spiro atoms. The molecular formula is C21H25N3O4S. The van der Waals surface area contributed by atoms with Crippen molar-refractivity contribution in [3.8, 4) is 5.75 Å². The van der Waals surface area contributed by atoms with E-state index >= 15 is 0 Å². The third-order valence-electron chi connectivity index (χ3n) is 4.84. The van der Waals surface area contributed by atoms with Crippen LogP contribution in [0.15, 0.2) is 41.0 Å². The maximum absolute atomic E-state index is 13.1.